The Bertz CT molecular complexity index is 1360. The van der Waals surface area contributed by atoms with E-state index in [-0.39, 0.29) is 12.1 Å². The van der Waals surface area contributed by atoms with E-state index >= 15 is 0 Å². The molecule has 0 bridgehead atoms. The van der Waals surface area contributed by atoms with Crippen molar-refractivity contribution in [2.75, 3.05) is 23.9 Å². The first kappa shape index (κ1) is 23.1. The highest BCUT2D eigenvalue weighted by Crippen LogP contribution is 2.44. The van der Waals surface area contributed by atoms with Crippen LogP contribution in [0.4, 0.5) is 11.4 Å². The van der Waals surface area contributed by atoms with Gasteiger partial charge in [-0.3, -0.25) is 4.98 Å². The van der Waals surface area contributed by atoms with Crippen LogP contribution in [0.25, 0.3) is 5.69 Å². The van der Waals surface area contributed by atoms with Gasteiger partial charge in [0.1, 0.15) is 0 Å². The zero-order valence-corrected chi connectivity index (χ0v) is 21.7. The molecule has 6 heteroatoms. The number of benzene rings is 2. The fourth-order valence-corrected chi connectivity index (χ4v) is 5.48. The molecule has 2 atom stereocenters. The number of hydrogen-bond acceptors (Lipinski definition) is 3. The predicted molar refractivity (Wildman–Crippen MR) is 149 cm³/mol. The summed E-state index contributed by atoms with van der Waals surface area (Å²) in [4.78, 5) is 9.06. The van der Waals surface area contributed by atoms with E-state index in [9.17, 15) is 0 Å². The zero-order valence-electron chi connectivity index (χ0n) is 20.9. The fourth-order valence-electron chi connectivity index (χ4n) is 5.13. The standard InChI is InChI=1S/C29H31N5S/c1-19-10-6-7-12-26(19)33-20(2)18-24(21(33)3)28-27(25-11-8-9-17-30-25)31-29(35)34(28)23-15-13-22(14-16-23)32(4)5/h6-18,27-28H,1-5H3,(H,31,35)/t27-,28+/m0/s1. The zero-order chi connectivity index (χ0) is 24.7. The number of hydrogen-bond donors (Lipinski definition) is 1. The van der Waals surface area contributed by atoms with E-state index in [2.05, 4.69) is 115 Å². The Balaban J connectivity index is 1.67. The number of aromatic nitrogens is 2. The van der Waals surface area contributed by atoms with Crippen molar-refractivity contribution in [1.29, 1.82) is 0 Å². The molecule has 178 valence electrons. The first-order valence-electron chi connectivity index (χ1n) is 11.9. The molecule has 35 heavy (non-hydrogen) atoms. The van der Waals surface area contributed by atoms with Crippen LogP contribution in [0.3, 0.4) is 0 Å². The molecule has 1 fully saturated rings. The van der Waals surface area contributed by atoms with Gasteiger partial charge in [0.05, 0.1) is 17.8 Å². The lowest BCUT2D eigenvalue weighted by Gasteiger charge is -2.28. The lowest BCUT2D eigenvalue weighted by molar-refractivity contribution is 0.565. The third kappa shape index (κ3) is 4.08. The summed E-state index contributed by atoms with van der Waals surface area (Å²) in [5.41, 5.74) is 9.31. The van der Waals surface area contributed by atoms with E-state index in [1.165, 1.54) is 28.2 Å². The molecule has 0 amide bonds. The Morgan fingerprint density at radius 3 is 2.29 bits per heavy atom. The maximum absolute atomic E-state index is 5.93. The average Bonchev–Trinajstić information content (AvgIpc) is 3.35. The second kappa shape index (κ2) is 9.19. The molecule has 1 saturated heterocycles. The van der Waals surface area contributed by atoms with Crippen molar-refractivity contribution in [2.45, 2.75) is 32.9 Å². The average molecular weight is 482 g/mol. The number of aryl methyl sites for hydroxylation is 2. The van der Waals surface area contributed by atoms with Crippen LogP contribution in [0.2, 0.25) is 0 Å². The third-order valence-corrected chi connectivity index (χ3v) is 7.20. The van der Waals surface area contributed by atoms with Crippen LogP contribution in [0.15, 0.2) is 79.0 Å². The summed E-state index contributed by atoms with van der Waals surface area (Å²) in [7, 11) is 4.11. The number of rotatable bonds is 5. The predicted octanol–water partition coefficient (Wildman–Crippen LogP) is 6.04. The number of pyridine rings is 1. The number of anilines is 2. The third-order valence-electron chi connectivity index (χ3n) is 6.89. The van der Waals surface area contributed by atoms with Gasteiger partial charge >= 0.3 is 0 Å². The minimum atomic E-state index is -0.0666. The summed E-state index contributed by atoms with van der Waals surface area (Å²) in [6.07, 6.45) is 1.85. The van der Waals surface area contributed by atoms with Crippen molar-refractivity contribution in [3.8, 4) is 5.69 Å². The maximum atomic E-state index is 5.93. The van der Waals surface area contributed by atoms with Gasteiger partial charge in [-0.25, -0.2) is 0 Å². The van der Waals surface area contributed by atoms with Gasteiger partial charge in [0.15, 0.2) is 5.11 Å². The smallest absolute Gasteiger partial charge is 0.174 e. The molecule has 4 aromatic rings. The molecule has 0 spiro atoms. The minimum Gasteiger partial charge on any atom is -0.378 e. The molecule has 5 rings (SSSR count). The van der Waals surface area contributed by atoms with Crippen molar-refractivity contribution in [3.05, 3.63) is 107 Å². The monoisotopic (exact) mass is 481 g/mol. The summed E-state index contributed by atoms with van der Waals surface area (Å²) < 4.78 is 2.36. The SMILES string of the molecule is Cc1ccccc1-n1c(C)cc([C@@H]2[C@H](c3ccccn3)NC(=S)N2c2ccc(N(C)C)cc2)c1C. The molecule has 3 heterocycles. The van der Waals surface area contributed by atoms with Gasteiger partial charge in [-0.1, -0.05) is 24.3 Å². The van der Waals surface area contributed by atoms with E-state index in [0.717, 1.165) is 17.1 Å². The molecule has 0 aliphatic carbocycles. The topological polar surface area (TPSA) is 36.3 Å². The second-order valence-corrected chi connectivity index (χ2v) is 9.74. The van der Waals surface area contributed by atoms with Gasteiger partial charge in [0.2, 0.25) is 0 Å². The Hall–Kier alpha value is -3.64. The fraction of sp³-hybridized carbons (Fsp3) is 0.241. The van der Waals surface area contributed by atoms with Gasteiger partial charge in [0, 0.05) is 48.7 Å². The molecule has 5 nitrogen and oxygen atoms in total. The van der Waals surface area contributed by atoms with E-state index in [0.29, 0.717) is 5.11 Å². The first-order chi connectivity index (χ1) is 16.9. The van der Waals surface area contributed by atoms with Gasteiger partial charge in [-0.05, 0) is 92.6 Å². The summed E-state index contributed by atoms with van der Waals surface area (Å²) in [6, 6.07) is 25.4. The Labute approximate surface area is 213 Å². The molecule has 0 saturated carbocycles. The molecule has 0 radical (unpaired) electrons. The van der Waals surface area contributed by atoms with Gasteiger partial charge < -0.3 is 19.7 Å². The number of nitrogens with one attached hydrogen (secondary N) is 1. The van der Waals surface area contributed by atoms with Crippen LogP contribution >= 0.6 is 12.2 Å². The normalized spacial score (nSPS) is 17.5. The molecular weight excluding hydrogens is 450 g/mol. The molecular formula is C29H31N5S. The highest BCUT2D eigenvalue weighted by Gasteiger charge is 2.42. The van der Waals surface area contributed by atoms with Crippen molar-refractivity contribution in [3.63, 3.8) is 0 Å². The summed E-state index contributed by atoms with van der Waals surface area (Å²) in [5.74, 6) is 0. The minimum absolute atomic E-state index is 0.0356. The lowest BCUT2D eigenvalue weighted by atomic mass is 9.96. The molecule has 1 N–H and O–H groups in total. The van der Waals surface area contributed by atoms with E-state index in [4.69, 9.17) is 17.2 Å². The molecule has 2 aromatic heterocycles. The van der Waals surface area contributed by atoms with E-state index in [1.54, 1.807) is 0 Å². The summed E-state index contributed by atoms with van der Waals surface area (Å²) in [5, 5.41) is 4.30. The van der Waals surface area contributed by atoms with Crippen molar-refractivity contribution >= 4 is 28.7 Å². The Morgan fingerprint density at radius 1 is 0.914 bits per heavy atom. The van der Waals surface area contributed by atoms with Crippen LogP contribution in [0.1, 0.15) is 40.3 Å². The molecule has 1 aliphatic rings. The first-order valence-corrected chi connectivity index (χ1v) is 12.3. The highest BCUT2D eigenvalue weighted by atomic mass is 32.1. The number of thiocarbonyl (C=S) groups is 1. The molecule has 1 aliphatic heterocycles. The van der Waals surface area contributed by atoms with Crippen LogP contribution in [0.5, 0.6) is 0 Å². The van der Waals surface area contributed by atoms with Gasteiger partial charge in [-0.15, -0.1) is 0 Å². The van der Waals surface area contributed by atoms with Crippen LogP contribution < -0.4 is 15.1 Å². The van der Waals surface area contributed by atoms with E-state index < -0.39 is 0 Å². The highest BCUT2D eigenvalue weighted by molar-refractivity contribution is 7.80. The summed E-state index contributed by atoms with van der Waals surface area (Å²) in [6.45, 7) is 6.55. The van der Waals surface area contributed by atoms with Crippen molar-refractivity contribution < 1.29 is 0 Å². The van der Waals surface area contributed by atoms with Crippen LogP contribution in [-0.2, 0) is 0 Å². The van der Waals surface area contributed by atoms with Crippen molar-refractivity contribution in [1.82, 2.24) is 14.9 Å². The summed E-state index contributed by atoms with van der Waals surface area (Å²) >= 11 is 5.93. The Morgan fingerprint density at radius 2 is 1.63 bits per heavy atom. The largest absolute Gasteiger partial charge is 0.378 e. The van der Waals surface area contributed by atoms with E-state index in [1.807, 2.05) is 18.3 Å². The van der Waals surface area contributed by atoms with Gasteiger partial charge in [0.25, 0.3) is 0 Å². The number of nitrogens with zero attached hydrogens (tertiary/aromatic N) is 4. The Kier molecular flexibility index (Phi) is 6.07. The maximum Gasteiger partial charge on any atom is 0.174 e. The number of para-hydroxylation sites is 1. The van der Waals surface area contributed by atoms with Crippen molar-refractivity contribution in [2.24, 2.45) is 0 Å². The lowest BCUT2D eigenvalue weighted by Crippen LogP contribution is -2.29. The quantitative estimate of drug-likeness (QED) is 0.352. The molecule has 0 unspecified atom stereocenters. The van der Waals surface area contributed by atoms with Crippen LogP contribution in [0, 0.1) is 20.8 Å². The molecule has 2 aromatic carbocycles. The van der Waals surface area contributed by atoms with Crippen LogP contribution in [-0.4, -0.2) is 28.8 Å². The van der Waals surface area contributed by atoms with Gasteiger partial charge in [-0.2, -0.15) is 0 Å². The second-order valence-electron chi connectivity index (χ2n) is 9.36.